The molecule has 3 rings (SSSR count). The van der Waals surface area contributed by atoms with Crippen LogP contribution in [-0.4, -0.2) is 13.7 Å². The number of hydrogen-bond acceptors (Lipinski definition) is 3. The maximum atomic E-state index is 5.86. The second-order valence-corrected chi connectivity index (χ2v) is 4.96. The minimum atomic E-state index is 0.563. The molecule has 0 atom stereocenters. The highest BCUT2D eigenvalue weighted by molar-refractivity contribution is 5.54. The van der Waals surface area contributed by atoms with Crippen LogP contribution in [0.1, 0.15) is 17.5 Å². The lowest BCUT2D eigenvalue weighted by atomic mass is 10.0. The van der Waals surface area contributed by atoms with E-state index in [9.17, 15) is 0 Å². The number of hydrogen-bond donors (Lipinski definition) is 1. The quantitative estimate of drug-likeness (QED) is 0.919. The zero-order chi connectivity index (χ0) is 13.8. The van der Waals surface area contributed by atoms with Crippen molar-refractivity contribution in [3.05, 3.63) is 53.6 Å². The third-order valence-electron chi connectivity index (χ3n) is 3.57. The molecular formula is C17H19NO2. The van der Waals surface area contributed by atoms with E-state index in [1.54, 1.807) is 7.11 Å². The van der Waals surface area contributed by atoms with Crippen LogP contribution in [0.5, 0.6) is 11.5 Å². The predicted molar refractivity (Wildman–Crippen MR) is 80.6 cm³/mol. The van der Waals surface area contributed by atoms with Gasteiger partial charge >= 0.3 is 0 Å². The van der Waals surface area contributed by atoms with E-state index in [4.69, 9.17) is 9.47 Å². The summed E-state index contributed by atoms with van der Waals surface area (Å²) in [7, 11) is 1.66. The fourth-order valence-electron chi connectivity index (χ4n) is 2.52. The molecule has 0 saturated carbocycles. The lowest BCUT2D eigenvalue weighted by Crippen LogP contribution is -2.12. The van der Waals surface area contributed by atoms with Crippen LogP contribution in [0.2, 0.25) is 0 Å². The van der Waals surface area contributed by atoms with Gasteiger partial charge in [-0.25, -0.2) is 0 Å². The Bertz CT molecular complexity index is 595. The Morgan fingerprint density at radius 2 is 1.95 bits per heavy atom. The smallest absolute Gasteiger partial charge is 0.161 e. The predicted octanol–water partition coefficient (Wildman–Crippen LogP) is 3.63. The van der Waals surface area contributed by atoms with Gasteiger partial charge < -0.3 is 14.8 Å². The van der Waals surface area contributed by atoms with Gasteiger partial charge in [-0.1, -0.05) is 24.3 Å². The normalized spacial score (nSPS) is 13.2. The molecule has 0 saturated heterocycles. The number of rotatable bonds is 4. The standard InChI is InChI=1S/C17H19NO2/c1-19-16-6-2-3-7-17(16)20-12-13-8-9-15-14(11-13)5-4-10-18-15/h2-3,6-9,11,18H,4-5,10,12H2,1H3. The van der Waals surface area contributed by atoms with Gasteiger partial charge in [-0.15, -0.1) is 0 Å². The highest BCUT2D eigenvalue weighted by Crippen LogP contribution is 2.28. The molecule has 1 aliphatic rings. The summed E-state index contributed by atoms with van der Waals surface area (Å²) < 4.78 is 11.1. The molecule has 0 unspecified atom stereocenters. The molecule has 1 aliphatic heterocycles. The lowest BCUT2D eigenvalue weighted by Gasteiger charge is -2.19. The summed E-state index contributed by atoms with van der Waals surface area (Å²) in [6.07, 6.45) is 2.34. The molecule has 0 radical (unpaired) electrons. The first kappa shape index (κ1) is 12.9. The fraction of sp³-hybridized carbons (Fsp3) is 0.294. The van der Waals surface area contributed by atoms with Gasteiger partial charge in [0.2, 0.25) is 0 Å². The number of methoxy groups -OCH3 is 1. The number of fused-ring (bicyclic) bond motifs is 1. The van der Waals surface area contributed by atoms with Crippen molar-refractivity contribution < 1.29 is 9.47 Å². The largest absolute Gasteiger partial charge is 0.493 e. The molecule has 3 heteroatoms. The minimum absolute atomic E-state index is 0.563. The summed E-state index contributed by atoms with van der Waals surface area (Å²) in [6.45, 7) is 1.64. The number of anilines is 1. The highest BCUT2D eigenvalue weighted by Gasteiger charge is 2.09. The van der Waals surface area contributed by atoms with Crippen molar-refractivity contribution in [1.82, 2.24) is 0 Å². The van der Waals surface area contributed by atoms with E-state index in [1.165, 1.54) is 23.2 Å². The van der Waals surface area contributed by atoms with Crippen molar-refractivity contribution in [1.29, 1.82) is 0 Å². The number of para-hydroxylation sites is 2. The molecule has 2 aromatic rings. The third kappa shape index (κ3) is 2.72. The van der Waals surface area contributed by atoms with Gasteiger partial charge in [0.15, 0.2) is 11.5 Å². The van der Waals surface area contributed by atoms with E-state index in [2.05, 4.69) is 23.5 Å². The Kier molecular flexibility index (Phi) is 3.77. The summed E-state index contributed by atoms with van der Waals surface area (Å²) in [6, 6.07) is 14.2. The first-order valence-corrected chi connectivity index (χ1v) is 6.98. The number of nitrogens with one attached hydrogen (secondary N) is 1. The number of benzene rings is 2. The van der Waals surface area contributed by atoms with Gasteiger partial charge in [-0.05, 0) is 42.2 Å². The molecule has 0 aliphatic carbocycles. The van der Waals surface area contributed by atoms with E-state index in [0.29, 0.717) is 6.61 Å². The van der Waals surface area contributed by atoms with Gasteiger partial charge in [-0.3, -0.25) is 0 Å². The van der Waals surface area contributed by atoms with E-state index >= 15 is 0 Å². The van der Waals surface area contributed by atoms with Crippen LogP contribution in [0, 0.1) is 0 Å². The average molecular weight is 269 g/mol. The van der Waals surface area contributed by atoms with Gasteiger partial charge in [0.05, 0.1) is 7.11 Å². The zero-order valence-corrected chi connectivity index (χ0v) is 11.7. The zero-order valence-electron chi connectivity index (χ0n) is 11.7. The molecular weight excluding hydrogens is 250 g/mol. The van der Waals surface area contributed by atoms with Crippen molar-refractivity contribution in [2.24, 2.45) is 0 Å². The number of aryl methyl sites for hydroxylation is 1. The highest BCUT2D eigenvalue weighted by atomic mass is 16.5. The molecule has 1 N–H and O–H groups in total. The van der Waals surface area contributed by atoms with Crippen molar-refractivity contribution in [2.75, 3.05) is 19.0 Å². The Hall–Kier alpha value is -2.16. The summed E-state index contributed by atoms with van der Waals surface area (Å²) in [5, 5.41) is 3.42. The molecule has 3 nitrogen and oxygen atoms in total. The first-order chi connectivity index (χ1) is 9.86. The van der Waals surface area contributed by atoms with Gasteiger partial charge in [0, 0.05) is 12.2 Å². The third-order valence-corrected chi connectivity index (χ3v) is 3.57. The van der Waals surface area contributed by atoms with Crippen molar-refractivity contribution in [2.45, 2.75) is 19.4 Å². The Labute approximate surface area is 119 Å². The minimum Gasteiger partial charge on any atom is -0.493 e. The number of ether oxygens (including phenoxy) is 2. The van der Waals surface area contributed by atoms with Gasteiger partial charge in [-0.2, -0.15) is 0 Å². The van der Waals surface area contributed by atoms with Crippen LogP contribution in [0.3, 0.4) is 0 Å². The maximum absolute atomic E-state index is 5.86. The first-order valence-electron chi connectivity index (χ1n) is 6.98. The summed E-state index contributed by atoms with van der Waals surface area (Å²) in [5.41, 5.74) is 3.84. The second-order valence-electron chi connectivity index (χ2n) is 4.96. The molecule has 1 heterocycles. The van der Waals surface area contributed by atoms with E-state index in [-0.39, 0.29) is 0 Å². The van der Waals surface area contributed by atoms with Crippen LogP contribution >= 0.6 is 0 Å². The van der Waals surface area contributed by atoms with E-state index < -0.39 is 0 Å². The average Bonchev–Trinajstić information content (AvgIpc) is 2.53. The van der Waals surface area contributed by atoms with E-state index in [1.807, 2.05) is 24.3 Å². The molecule has 0 fully saturated rings. The Morgan fingerprint density at radius 1 is 1.10 bits per heavy atom. The molecule has 2 aromatic carbocycles. The molecule has 0 aromatic heterocycles. The second kappa shape index (κ2) is 5.87. The monoisotopic (exact) mass is 269 g/mol. The lowest BCUT2D eigenvalue weighted by molar-refractivity contribution is 0.284. The topological polar surface area (TPSA) is 30.5 Å². The van der Waals surface area contributed by atoms with Crippen LogP contribution in [-0.2, 0) is 13.0 Å². The van der Waals surface area contributed by atoms with Crippen molar-refractivity contribution >= 4 is 5.69 Å². The van der Waals surface area contributed by atoms with Crippen LogP contribution in [0.4, 0.5) is 5.69 Å². The van der Waals surface area contributed by atoms with Crippen LogP contribution in [0.15, 0.2) is 42.5 Å². The summed E-state index contributed by atoms with van der Waals surface area (Å²) in [5.74, 6) is 1.55. The molecule has 104 valence electrons. The van der Waals surface area contributed by atoms with Gasteiger partial charge in [0.25, 0.3) is 0 Å². The van der Waals surface area contributed by atoms with Crippen LogP contribution in [0.25, 0.3) is 0 Å². The molecule has 20 heavy (non-hydrogen) atoms. The molecule has 0 amide bonds. The van der Waals surface area contributed by atoms with Crippen molar-refractivity contribution in [3.8, 4) is 11.5 Å². The van der Waals surface area contributed by atoms with Gasteiger partial charge in [0.1, 0.15) is 6.61 Å². The molecule has 0 bridgehead atoms. The molecule has 0 spiro atoms. The summed E-state index contributed by atoms with van der Waals surface area (Å²) >= 11 is 0. The Morgan fingerprint density at radius 3 is 2.80 bits per heavy atom. The fourth-order valence-corrected chi connectivity index (χ4v) is 2.52. The maximum Gasteiger partial charge on any atom is 0.161 e. The van der Waals surface area contributed by atoms with E-state index in [0.717, 1.165) is 24.5 Å². The SMILES string of the molecule is COc1ccccc1OCc1ccc2c(c1)CCCN2. The Balaban J connectivity index is 1.72. The van der Waals surface area contributed by atoms with Crippen molar-refractivity contribution in [3.63, 3.8) is 0 Å². The van der Waals surface area contributed by atoms with Crippen LogP contribution < -0.4 is 14.8 Å². The summed E-state index contributed by atoms with van der Waals surface area (Å²) in [4.78, 5) is 0.